The third-order valence-corrected chi connectivity index (χ3v) is 3.47. The van der Waals surface area contributed by atoms with Crippen LogP contribution in [0.1, 0.15) is 20.3 Å². The maximum absolute atomic E-state index is 4.17. The number of rotatable bonds is 10. The molecule has 0 aromatic carbocycles. The second-order valence-electron chi connectivity index (χ2n) is 4.93. The van der Waals surface area contributed by atoms with Crippen LogP contribution in [-0.4, -0.2) is 65.5 Å². The largest absolute Gasteiger partial charge is 0.304 e. The molecule has 8 nitrogen and oxygen atoms in total. The molecule has 0 saturated heterocycles. The van der Waals surface area contributed by atoms with Gasteiger partial charge < -0.3 is 4.90 Å². The minimum Gasteiger partial charge on any atom is -0.304 e. The van der Waals surface area contributed by atoms with Crippen molar-refractivity contribution >= 4 is 0 Å². The Morgan fingerprint density at radius 3 is 1.76 bits per heavy atom. The van der Waals surface area contributed by atoms with Crippen molar-refractivity contribution in [1.82, 2.24) is 39.3 Å². The lowest BCUT2D eigenvalue weighted by Gasteiger charge is -2.24. The van der Waals surface area contributed by atoms with Crippen LogP contribution in [0.25, 0.3) is 0 Å². The van der Waals surface area contributed by atoms with Crippen LogP contribution >= 0.6 is 0 Å². The van der Waals surface area contributed by atoms with Crippen molar-refractivity contribution in [3.8, 4) is 0 Å². The molecular weight excluding hydrogens is 268 g/mol. The van der Waals surface area contributed by atoms with Crippen LogP contribution in [0.3, 0.4) is 0 Å². The number of nitrogens with zero attached hydrogens (tertiary/aromatic N) is 8. The second-order valence-corrected chi connectivity index (χ2v) is 4.93. The molecule has 2 aromatic rings. The van der Waals surface area contributed by atoms with E-state index in [0.717, 1.165) is 32.6 Å². The van der Waals surface area contributed by atoms with E-state index in [0.29, 0.717) is 13.3 Å². The predicted molar refractivity (Wildman–Crippen MR) is 79.2 cm³/mol. The predicted octanol–water partition coefficient (Wildman–Crippen LogP) is 0.519. The molecular formula is C13H24N8. The molecule has 0 aliphatic carbocycles. The first-order valence-corrected chi connectivity index (χ1v) is 7.41. The fraction of sp³-hybridized carbons (Fsp3) is 0.692. The van der Waals surface area contributed by atoms with Crippen molar-refractivity contribution in [3.05, 3.63) is 25.3 Å². The highest BCUT2D eigenvalue weighted by atomic mass is 15.5. The maximum atomic E-state index is 4.17. The normalized spacial score (nSPS) is 11.6. The fourth-order valence-corrected chi connectivity index (χ4v) is 2.27. The first-order valence-electron chi connectivity index (χ1n) is 7.41. The van der Waals surface area contributed by atoms with Gasteiger partial charge in [0.1, 0.15) is 25.3 Å². The molecule has 0 N–H and O–H groups in total. The highest BCUT2D eigenvalue weighted by molar-refractivity contribution is 4.62. The molecule has 0 aliphatic heterocycles. The minimum atomic E-state index is 0.706. The van der Waals surface area contributed by atoms with Gasteiger partial charge in [0.2, 0.25) is 0 Å². The Kier molecular flexibility index (Phi) is 6.29. The molecule has 21 heavy (non-hydrogen) atoms. The lowest BCUT2D eigenvalue weighted by atomic mass is 10.3. The van der Waals surface area contributed by atoms with Gasteiger partial charge in [-0.05, 0) is 26.1 Å². The van der Waals surface area contributed by atoms with Crippen molar-refractivity contribution in [3.63, 3.8) is 0 Å². The molecule has 0 saturated carbocycles. The van der Waals surface area contributed by atoms with Crippen LogP contribution in [0.15, 0.2) is 25.3 Å². The van der Waals surface area contributed by atoms with Gasteiger partial charge in [0.05, 0.1) is 13.3 Å². The van der Waals surface area contributed by atoms with Crippen LogP contribution in [0.2, 0.25) is 0 Å². The van der Waals surface area contributed by atoms with Gasteiger partial charge in [-0.15, -0.1) is 0 Å². The molecule has 0 amide bonds. The third kappa shape index (κ3) is 5.24. The van der Waals surface area contributed by atoms with E-state index in [-0.39, 0.29) is 0 Å². The van der Waals surface area contributed by atoms with Crippen LogP contribution in [0.5, 0.6) is 0 Å². The molecule has 2 aromatic heterocycles. The second kappa shape index (κ2) is 8.48. The number of aromatic nitrogens is 6. The standard InChI is InChI=1S/C13H24N8/c1-3-18(4-2)6-5-7-19(12-20-10-14-8-16-20)13-21-11-15-9-17-21/h8-11H,3-7,12-13H2,1-2H3. The molecule has 0 aliphatic rings. The Morgan fingerprint density at radius 1 is 0.810 bits per heavy atom. The summed E-state index contributed by atoms with van der Waals surface area (Å²) in [5.41, 5.74) is 0. The van der Waals surface area contributed by atoms with Gasteiger partial charge in [-0.2, -0.15) is 10.2 Å². The van der Waals surface area contributed by atoms with Gasteiger partial charge in [0.25, 0.3) is 0 Å². The highest BCUT2D eigenvalue weighted by Crippen LogP contribution is 2.00. The lowest BCUT2D eigenvalue weighted by Crippen LogP contribution is -2.33. The van der Waals surface area contributed by atoms with Crippen molar-refractivity contribution < 1.29 is 0 Å². The zero-order chi connectivity index (χ0) is 14.9. The van der Waals surface area contributed by atoms with Crippen LogP contribution in [0.4, 0.5) is 0 Å². The zero-order valence-electron chi connectivity index (χ0n) is 12.8. The zero-order valence-corrected chi connectivity index (χ0v) is 12.8. The Morgan fingerprint density at radius 2 is 1.33 bits per heavy atom. The van der Waals surface area contributed by atoms with Crippen LogP contribution in [0, 0.1) is 0 Å². The van der Waals surface area contributed by atoms with Gasteiger partial charge in [-0.3, -0.25) is 4.90 Å². The summed E-state index contributed by atoms with van der Waals surface area (Å²) < 4.78 is 3.66. The van der Waals surface area contributed by atoms with E-state index >= 15 is 0 Å². The Labute approximate surface area is 125 Å². The van der Waals surface area contributed by atoms with E-state index < -0.39 is 0 Å². The van der Waals surface area contributed by atoms with E-state index in [1.54, 1.807) is 25.3 Å². The first-order chi connectivity index (χ1) is 10.3. The van der Waals surface area contributed by atoms with E-state index in [2.05, 4.69) is 43.8 Å². The van der Waals surface area contributed by atoms with Crippen molar-refractivity contribution in [2.24, 2.45) is 0 Å². The monoisotopic (exact) mass is 292 g/mol. The van der Waals surface area contributed by atoms with Gasteiger partial charge in [0, 0.05) is 6.54 Å². The molecule has 0 fully saturated rings. The minimum absolute atomic E-state index is 0.706. The molecule has 2 rings (SSSR count). The van der Waals surface area contributed by atoms with Crippen molar-refractivity contribution in [1.29, 1.82) is 0 Å². The SMILES string of the molecule is CCN(CC)CCCN(Cn1cncn1)Cn1cncn1. The molecule has 2 heterocycles. The Hall–Kier alpha value is -1.80. The fourth-order valence-electron chi connectivity index (χ4n) is 2.27. The average Bonchev–Trinajstić information content (AvgIpc) is 3.17. The average molecular weight is 292 g/mol. The molecule has 116 valence electrons. The molecule has 0 radical (unpaired) electrons. The summed E-state index contributed by atoms with van der Waals surface area (Å²) in [6.45, 7) is 10.1. The summed E-state index contributed by atoms with van der Waals surface area (Å²) in [5, 5.41) is 8.34. The topological polar surface area (TPSA) is 67.9 Å². The smallest absolute Gasteiger partial charge is 0.137 e. The van der Waals surface area contributed by atoms with E-state index in [1.807, 2.05) is 9.36 Å². The lowest BCUT2D eigenvalue weighted by molar-refractivity contribution is 0.143. The molecule has 0 unspecified atom stereocenters. The van der Waals surface area contributed by atoms with Gasteiger partial charge >= 0.3 is 0 Å². The van der Waals surface area contributed by atoms with Gasteiger partial charge in [0.15, 0.2) is 0 Å². The van der Waals surface area contributed by atoms with Crippen LogP contribution < -0.4 is 0 Å². The summed E-state index contributed by atoms with van der Waals surface area (Å²) >= 11 is 0. The van der Waals surface area contributed by atoms with Gasteiger partial charge in [-0.25, -0.2) is 19.3 Å². The number of hydrogen-bond donors (Lipinski definition) is 0. The first kappa shape index (κ1) is 15.6. The molecule has 0 spiro atoms. The summed E-state index contributed by atoms with van der Waals surface area (Å²) in [6.07, 6.45) is 7.70. The Bertz CT molecular complexity index is 426. The number of hydrogen-bond acceptors (Lipinski definition) is 6. The molecule has 0 atom stereocenters. The quantitative estimate of drug-likeness (QED) is 0.636. The van der Waals surface area contributed by atoms with Gasteiger partial charge in [-0.1, -0.05) is 13.8 Å². The third-order valence-electron chi connectivity index (χ3n) is 3.47. The van der Waals surface area contributed by atoms with E-state index in [1.165, 1.54) is 0 Å². The Balaban J connectivity index is 1.85. The van der Waals surface area contributed by atoms with Crippen LogP contribution in [-0.2, 0) is 13.3 Å². The molecule has 0 bridgehead atoms. The summed E-state index contributed by atoms with van der Waals surface area (Å²) in [7, 11) is 0. The summed E-state index contributed by atoms with van der Waals surface area (Å²) in [5.74, 6) is 0. The molecule has 8 heteroatoms. The highest BCUT2D eigenvalue weighted by Gasteiger charge is 2.08. The van der Waals surface area contributed by atoms with Crippen molar-refractivity contribution in [2.75, 3.05) is 26.2 Å². The van der Waals surface area contributed by atoms with E-state index in [4.69, 9.17) is 0 Å². The summed E-state index contributed by atoms with van der Waals surface area (Å²) in [4.78, 5) is 12.7. The maximum Gasteiger partial charge on any atom is 0.137 e. The van der Waals surface area contributed by atoms with Crippen molar-refractivity contribution in [2.45, 2.75) is 33.6 Å². The van der Waals surface area contributed by atoms with E-state index in [9.17, 15) is 0 Å². The summed E-state index contributed by atoms with van der Waals surface area (Å²) in [6, 6.07) is 0.